The number of nitrogens with one attached hydrogen (secondary N) is 1. The Kier molecular flexibility index (Phi) is 4.69. The molecule has 0 radical (unpaired) electrons. The van der Waals surface area contributed by atoms with Crippen molar-refractivity contribution in [2.45, 2.75) is 37.6 Å². The largest absolute Gasteiger partial charge is 0.351 e. The predicted octanol–water partition coefficient (Wildman–Crippen LogP) is 1.54. The van der Waals surface area contributed by atoms with Gasteiger partial charge in [-0.2, -0.15) is 5.10 Å². The van der Waals surface area contributed by atoms with Crippen LogP contribution in [0.25, 0.3) is 10.8 Å². The number of nitrogens with zero attached hydrogens (tertiary/aromatic N) is 5. The van der Waals surface area contributed by atoms with Gasteiger partial charge in [0.25, 0.3) is 5.56 Å². The molecule has 3 aromatic rings. The molecule has 5 rings (SSSR count). The van der Waals surface area contributed by atoms with Crippen molar-refractivity contribution in [1.82, 2.24) is 25.1 Å². The van der Waals surface area contributed by atoms with Gasteiger partial charge in [-0.05, 0) is 31.4 Å². The van der Waals surface area contributed by atoms with E-state index in [1.54, 1.807) is 13.1 Å². The van der Waals surface area contributed by atoms with Gasteiger partial charge in [-0.25, -0.2) is 14.6 Å². The van der Waals surface area contributed by atoms with Crippen molar-refractivity contribution in [3.8, 4) is 0 Å². The van der Waals surface area contributed by atoms with Gasteiger partial charge in [0.2, 0.25) is 11.9 Å². The van der Waals surface area contributed by atoms with Crippen LogP contribution in [0, 0.1) is 0 Å². The highest BCUT2D eigenvalue weighted by atomic mass is 16.2. The summed E-state index contributed by atoms with van der Waals surface area (Å²) in [6.45, 7) is 1.52. The van der Waals surface area contributed by atoms with Crippen LogP contribution in [0.15, 0.2) is 41.3 Å². The zero-order chi connectivity index (χ0) is 20.7. The van der Waals surface area contributed by atoms with Gasteiger partial charge in [0.1, 0.15) is 0 Å². The van der Waals surface area contributed by atoms with Crippen molar-refractivity contribution < 1.29 is 4.79 Å². The molecule has 1 aliphatic carbocycles. The van der Waals surface area contributed by atoms with Crippen LogP contribution in [0.1, 0.15) is 36.6 Å². The van der Waals surface area contributed by atoms with Gasteiger partial charge in [-0.3, -0.25) is 9.59 Å². The van der Waals surface area contributed by atoms with Crippen molar-refractivity contribution in [3.05, 3.63) is 58.3 Å². The molecule has 1 aromatic carbocycles. The van der Waals surface area contributed by atoms with E-state index in [4.69, 9.17) is 4.98 Å². The minimum atomic E-state index is -0.158. The van der Waals surface area contributed by atoms with Gasteiger partial charge < -0.3 is 10.2 Å². The zero-order valence-electron chi connectivity index (χ0n) is 16.9. The van der Waals surface area contributed by atoms with Gasteiger partial charge in [-0.1, -0.05) is 18.2 Å². The summed E-state index contributed by atoms with van der Waals surface area (Å²) < 4.78 is 1.30. The number of amides is 1. The highest BCUT2D eigenvalue weighted by Crippen LogP contribution is 2.39. The molecule has 1 N–H and O–H groups in total. The third-order valence-electron chi connectivity index (χ3n) is 5.86. The molecule has 2 aliphatic rings. The van der Waals surface area contributed by atoms with E-state index in [1.165, 1.54) is 17.5 Å². The molecule has 8 heteroatoms. The third kappa shape index (κ3) is 3.65. The Bertz CT molecular complexity index is 1170. The number of hydrogen-bond acceptors (Lipinski definition) is 6. The van der Waals surface area contributed by atoms with E-state index in [2.05, 4.69) is 20.3 Å². The molecule has 1 atom stereocenters. The molecule has 1 aliphatic heterocycles. The first kappa shape index (κ1) is 18.7. The van der Waals surface area contributed by atoms with Crippen molar-refractivity contribution >= 4 is 22.6 Å². The molecule has 0 spiro atoms. The maximum atomic E-state index is 12.7. The number of benzene rings is 1. The van der Waals surface area contributed by atoms with Crippen LogP contribution in [0.5, 0.6) is 0 Å². The second-order valence-electron chi connectivity index (χ2n) is 8.15. The van der Waals surface area contributed by atoms with E-state index >= 15 is 0 Å². The molecule has 3 heterocycles. The molecule has 8 nitrogen and oxygen atoms in total. The Hall–Kier alpha value is -3.29. The molecule has 154 valence electrons. The number of aryl methyl sites for hydroxylation is 1. The summed E-state index contributed by atoms with van der Waals surface area (Å²) >= 11 is 0. The first-order chi connectivity index (χ1) is 14.6. The number of anilines is 1. The van der Waals surface area contributed by atoms with E-state index < -0.39 is 0 Å². The maximum Gasteiger partial charge on any atom is 0.274 e. The van der Waals surface area contributed by atoms with Gasteiger partial charge in [0.15, 0.2) is 0 Å². The number of fused-ring (bicyclic) bond motifs is 1. The summed E-state index contributed by atoms with van der Waals surface area (Å²) in [5.74, 6) is 1.25. The monoisotopic (exact) mass is 404 g/mol. The third-order valence-corrected chi connectivity index (χ3v) is 5.86. The Labute approximate surface area is 173 Å². The van der Waals surface area contributed by atoms with Gasteiger partial charge >= 0.3 is 0 Å². The van der Waals surface area contributed by atoms with Crippen molar-refractivity contribution in [3.63, 3.8) is 0 Å². The number of carbonyl (C=O) groups excluding carboxylic acids is 1. The van der Waals surface area contributed by atoms with Gasteiger partial charge in [-0.15, -0.1) is 0 Å². The Morgan fingerprint density at radius 1 is 1.17 bits per heavy atom. The normalized spacial score (nSPS) is 18.7. The lowest BCUT2D eigenvalue weighted by atomic mass is 10.1. The second kappa shape index (κ2) is 7.51. The molecule has 0 bridgehead atoms. The summed E-state index contributed by atoms with van der Waals surface area (Å²) in [4.78, 5) is 36.3. The van der Waals surface area contributed by atoms with E-state index in [-0.39, 0.29) is 23.9 Å². The number of aromatic nitrogens is 4. The van der Waals surface area contributed by atoms with Crippen LogP contribution < -0.4 is 15.8 Å². The Morgan fingerprint density at radius 3 is 2.77 bits per heavy atom. The molecular formula is C22H24N6O2. The van der Waals surface area contributed by atoms with Crippen molar-refractivity contribution in [2.24, 2.45) is 7.05 Å². The lowest BCUT2D eigenvalue weighted by Crippen LogP contribution is -2.38. The average Bonchev–Trinajstić information content (AvgIpc) is 3.51. The van der Waals surface area contributed by atoms with Gasteiger partial charge in [0.05, 0.1) is 17.5 Å². The number of carbonyl (C=O) groups is 1. The summed E-state index contributed by atoms with van der Waals surface area (Å²) in [5.41, 5.74) is 1.58. The fraction of sp³-hybridized carbons (Fsp3) is 0.409. The minimum absolute atomic E-state index is 0.0458. The topological polar surface area (TPSA) is 93.0 Å². The molecule has 2 aromatic heterocycles. The maximum absolute atomic E-state index is 12.7. The van der Waals surface area contributed by atoms with Crippen LogP contribution >= 0.6 is 0 Å². The molecule has 1 saturated carbocycles. The summed E-state index contributed by atoms with van der Waals surface area (Å²) in [6.07, 6.45) is 5.24. The molecule has 1 amide bonds. The fourth-order valence-corrected chi connectivity index (χ4v) is 4.12. The van der Waals surface area contributed by atoms with Crippen LogP contribution in [-0.4, -0.2) is 44.8 Å². The number of rotatable bonds is 5. The average molecular weight is 404 g/mol. The molecule has 1 saturated heterocycles. The second-order valence-corrected chi connectivity index (χ2v) is 8.15. The fourth-order valence-electron chi connectivity index (χ4n) is 4.12. The smallest absolute Gasteiger partial charge is 0.274 e. The van der Waals surface area contributed by atoms with Gasteiger partial charge in [0, 0.05) is 49.4 Å². The molecule has 30 heavy (non-hydrogen) atoms. The standard InChI is InChI=1S/C22H24N6O2/c1-27-21(30)17-5-3-2-4-16(17)19(26-27)12-20(29)24-15-9-11-28(13-15)22-23-10-8-18(25-22)14-6-7-14/h2-5,8,10,14-15H,6-7,9,11-13H2,1H3,(H,24,29). The molecule has 1 unspecified atom stereocenters. The summed E-state index contributed by atoms with van der Waals surface area (Å²) in [6, 6.07) is 9.33. The Balaban J connectivity index is 1.26. The Morgan fingerprint density at radius 2 is 1.97 bits per heavy atom. The first-order valence-corrected chi connectivity index (χ1v) is 10.4. The van der Waals surface area contributed by atoms with Crippen LogP contribution in [0.3, 0.4) is 0 Å². The van der Waals surface area contributed by atoms with Crippen LogP contribution in [0.4, 0.5) is 5.95 Å². The summed E-state index contributed by atoms with van der Waals surface area (Å²) in [7, 11) is 1.61. The van der Waals surface area contributed by atoms with E-state index in [9.17, 15) is 9.59 Å². The van der Waals surface area contributed by atoms with E-state index in [0.717, 1.165) is 30.0 Å². The highest BCUT2D eigenvalue weighted by Gasteiger charge is 2.29. The van der Waals surface area contributed by atoms with Crippen LogP contribution in [0.2, 0.25) is 0 Å². The van der Waals surface area contributed by atoms with E-state index in [1.807, 2.05) is 30.5 Å². The summed E-state index contributed by atoms with van der Waals surface area (Å²) in [5, 5.41) is 8.75. The zero-order valence-corrected chi connectivity index (χ0v) is 16.9. The molecular weight excluding hydrogens is 380 g/mol. The minimum Gasteiger partial charge on any atom is -0.351 e. The SMILES string of the molecule is Cn1nc(CC(=O)NC2CCN(c3nccc(C4CC4)n3)C2)c2ccccc2c1=O. The number of hydrogen-bond donors (Lipinski definition) is 1. The van der Waals surface area contributed by atoms with Crippen LogP contribution in [-0.2, 0) is 18.3 Å². The quantitative estimate of drug-likeness (QED) is 0.693. The first-order valence-electron chi connectivity index (χ1n) is 10.4. The highest BCUT2D eigenvalue weighted by molar-refractivity contribution is 5.88. The lowest BCUT2D eigenvalue weighted by Gasteiger charge is -2.17. The predicted molar refractivity (Wildman–Crippen MR) is 113 cm³/mol. The lowest BCUT2D eigenvalue weighted by molar-refractivity contribution is -0.121. The van der Waals surface area contributed by atoms with E-state index in [0.29, 0.717) is 23.5 Å². The van der Waals surface area contributed by atoms with Crippen molar-refractivity contribution in [2.75, 3.05) is 18.0 Å². The van der Waals surface area contributed by atoms with Crippen molar-refractivity contribution in [1.29, 1.82) is 0 Å². The molecule has 2 fully saturated rings.